The summed E-state index contributed by atoms with van der Waals surface area (Å²) in [6, 6.07) is 17.1. The van der Waals surface area contributed by atoms with E-state index in [-0.39, 0.29) is 5.75 Å². The minimum absolute atomic E-state index is 0.119. The summed E-state index contributed by atoms with van der Waals surface area (Å²) in [5.74, 6) is 0.832. The Kier molecular flexibility index (Phi) is 6.36. The fraction of sp³-hybridized carbons (Fsp3) is 0.278. The summed E-state index contributed by atoms with van der Waals surface area (Å²) in [6.45, 7) is 1.32. The molecule has 5 nitrogen and oxygen atoms in total. The smallest absolute Gasteiger partial charge is 0.148 e. The van der Waals surface area contributed by atoms with Crippen molar-refractivity contribution >= 4 is 9.84 Å². The first-order chi connectivity index (χ1) is 11.5. The molecule has 0 spiro atoms. The van der Waals surface area contributed by atoms with E-state index in [1.807, 2.05) is 42.5 Å². The minimum Gasteiger partial charge on any atom is -0.489 e. The van der Waals surface area contributed by atoms with Gasteiger partial charge >= 0.3 is 0 Å². The van der Waals surface area contributed by atoms with Crippen LogP contribution < -0.4 is 10.1 Å². The number of hydrogen-bond acceptors (Lipinski definition) is 5. The van der Waals surface area contributed by atoms with E-state index in [4.69, 9.17) is 10.00 Å². The number of nitrogens with zero attached hydrogens (tertiary/aromatic N) is 1. The highest BCUT2D eigenvalue weighted by Crippen LogP contribution is 2.16. The normalized spacial score (nSPS) is 11.0. The van der Waals surface area contributed by atoms with Crippen molar-refractivity contribution in [1.29, 1.82) is 5.26 Å². The van der Waals surface area contributed by atoms with Gasteiger partial charge in [-0.1, -0.05) is 30.3 Å². The largest absolute Gasteiger partial charge is 0.489 e. The summed E-state index contributed by atoms with van der Waals surface area (Å²) in [6.07, 6.45) is 1.22. The topological polar surface area (TPSA) is 79.2 Å². The van der Waals surface area contributed by atoms with E-state index in [2.05, 4.69) is 11.4 Å². The summed E-state index contributed by atoms with van der Waals surface area (Å²) in [4.78, 5) is 0. The van der Waals surface area contributed by atoms with E-state index in [0.717, 1.165) is 11.1 Å². The van der Waals surface area contributed by atoms with E-state index >= 15 is 0 Å². The molecule has 0 aliphatic carbocycles. The molecule has 126 valence electrons. The zero-order chi connectivity index (χ0) is 17.4. The van der Waals surface area contributed by atoms with Crippen molar-refractivity contribution < 1.29 is 13.2 Å². The average molecular weight is 344 g/mol. The van der Waals surface area contributed by atoms with Gasteiger partial charge in [-0.05, 0) is 23.8 Å². The quantitative estimate of drug-likeness (QED) is 0.743. The molecule has 0 unspecified atom stereocenters. The van der Waals surface area contributed by atoms with E-state index in [1.165, 1.54) is 6.26 Å². The Hall–Kier alpha value is -2.36. The fourth-order valence-electron chi connectivity index (χ4n) is 2.15. The van der Waals surface area contributed by atoms with Gasteiger partial charge in [-0.2, -0.15) is 5.26 Å². The van der Waals surface area contributed by atoms with Gasteiger partial charge in [0, 0.05) is 24.9 Å². The van der Waals surface area contributed by atoms with E-state index in [9.17, 15) is 8.42 Å². The Balaban J connectivity index is 1.90. The maximum Gasteiger partial charge on any atom is 0.148 e. The lowest BCUT2D eigenvalue weighted by Crippen LogP contribution is -2.21. The number of rotatable bonds is 8. The van der Waals surface area contributed by atoms with E-state index in [0.29, 0.717) is 31.0 Å². The standard InChI is InChI=1S/C18H20N2O3S/c1-24(21,22)10-9-20-13-15-5-4-8-18(11-15)23-14-17-7-3-2-6-16(17)12-19/h2-8,11,20H,9-10,13-14H2,1H3. The molecule has 2 aromatic rings. The lowest BCUT2D eigenvalue weighted by molar-refractivity contribution is 0.305. The van der Waals surface area contributed by atoms with Crippen molar-refractivity contribution in [1.82, 2.24) is 5.32 Å². The van der Waals surface area contributed by atoms with Crippen molar-refractivity contribution in [2.75, 3.05) is 18.6 Å². The molecule has 0 radical (unpaired) electrons. The minimum atomic E-state index is -2.95. The number of hydrogen-bond donors (Lipinski definition) is 1. The molecule has 0 atom stereocenters. The van der Waals surface area contributed by atoms with Gasteiger partial charge in [0.25, 0.3) is 0 Å². The molecule has 0 aliphatic rings. The second kappa shape index (κ2) is 8.48. The molecule has 0 saturated carbocycles. The lowest BCUT2D eigenvalue weighted by Gasteiger charge is -2.10. The van der Waals surface area contributed by atoms with Gasteiger partial charge in [0.05, 0.1) is 17.4 Å². The zero-order valence-electron chi connectivity index (χ0n) is 13.5. The van der Waals surface area contributed by atoms with Crippen molar-refractivity contribution in [2.24, 2.45) is 0 Å². The molecule has 6 heteroatoms. The SMILES string of the molecule is CS(=O)(=O)CCNCc1cccc(OCc2ccccc2C#N)c1. The van der Waals surface area contributed by atoms with Crippen LogP contribution in [0.15, 0.2) is 48.5 Å². The molecular formula is C18H20N2O3S. The van der Waals surface area contributed by atoms with Gasteiger partial charge in [0.1, 0.15) is 22.2 Å². The van der Waals surface area contributed by atoms with Crippen LogP contribution >= 0.6 is 0 Å². The van der Waals surface area contributed by atoms with Crippen LogP contribution in [-0.2, 0) is 23.0 Å². The Morgan fingerprint density at radius 3 is 2.71 bits per heavy atom. The molecule has 0 aromatic heterocycles. The van der Waals surface area contributed by atoms with Crippen LogP contribution in [0.25, 0.3) is 0 Å². The summed E-state index contributed by atoms with van der Waals surface area (Å²) in [5, 5.41) is 12.2. The fourth-order valence-corrected chi connectivity index (χ4v) is 2.67. The third-order valence-corrected chi connectivity index (χ3v) is 4.36. The number of benzene rings is 2. The van der Waals surface area contributed by atoms with Crippen molar-refractivity contribution in [3.8, 4) is 11.8 Å². The van der Waals surface area contributed by atoms with Gasteiger partial charge in [-0.15, -0.1) is 0 Å². The predicted octanol–water partition coefficient (Wildman–Crippen LogP) is 2.27. The van der Waals surface area contributed by atoms with E-state index in [1.54, 1.807) is 6.07 Å². The van der Waals surface area contributed by atoms with Gasteiger partial charge in [0.15, 0.2) is 0 Å². The number of sulfone groups is 1. The second-order valence-corrected chi connectivity index (χ2v) is 7.77. The first kappa shape index (κ1) is 18.0. The van der Waals surface area contributed by atoms with Gasteiger partial charge in [-0.3, -0.25) is 0 Å². The first-order valence-electron chi connectivity index (χ1n) is 7.56. The first-order valence-corrected chi connectivity index (χ1v) is 9.62. The molecule has 1 N–H and O–H groups in total. The monoisotopic (exact) mass is 344 g/mol. The molecule has 0 saturated heterocycles. The second-order valence-electron chi connectivity index (χ2n) is 5.51. The summed E-state index contributed by atoms with van der Waals surface area (Å²) >= 11 is 0. The Morgan fingerprint density at radius 2 is 1.96 bits per heavy atom. The van der Waals surface area contributed by atoms with Crippen LogP contribution in [0.4, 0.5) is 0 Å². The maximum absolute atomic E-state index is 11.1. The Labute approximate surface area is 142 Å². The number of ether oxygens (including phenoxy) is 1. The van der Waals surface area contributed by atoms with Gasteiger partial charge in [-0.25, -0.2) is 8.42 Å². The molecule has 0 amide bonds. The predicted molar refractivity (Wildman–Crippen MR) is 93.3 cm³/mol. The molecule has 0 heterocycles. The molecule has 2 rings (SSSR count). The molecule has 0 aliphatic heterocycles. The summed E-state index contributed by atoms with van der Waals surface area (Å²) in [7, 11) is -2.95. The zero-order valence-corrected chi connectivity index (χ0v) is 14.3. The third-order valence-electron chi connectivity index (χ3n) is 3.41. The maximum atomic E-state index is 11.1. The van der Waals surface area contributed by atoms with E-state index < -0.39 is 9.84 Å². The van der Waals surface area contributed by atoms with Crippen LogP contribution in [-0.4, -0.2) is 27.0 Å². The number of nitrogens with one attached hydrogen (secondary N) is 1. The molecule has 2 aromatic carbocycles. The molecular weight excluding hydrogens is 324 g/mol. The summed E-state index contributed by atoms with van der Waals surface area (Å²) < 4.78 is 27.9. The Bertz CT molecular complexity index is 826. The third kappa shape index (κ3) is 6.03. The van der Waals surface area contributed by atoms with Crippen LogP contribution in [0, 0.1) is 11.3 Å². The Morgan fingerprint density at radius 1 is 1.17 bits per heavy atom. The highest BCUT2D eigenvalue weighted by molar-refractivity contribution is 7.90. The molecule has 24 heavy (non-hydrogen) atoms. The van der Waals surface area contributed by atoms with Crippen LogP contribution in [0.1, 0.15) is 16.7 Å². The average Bonchev–Trinajstić information content (AvgIpc) is 2.57. The van der Waals surface area contributed by atoms with Crippen LogP contribution in [0.5, 0.6) is 5.75 Å². The number of nitriles is 1. The highest BCUT2D eigenvalue weighted by atomic mass is 32.2. The summed E-state index contributed by atoms with van der Waals surface area (Å²) in [5.41, 5.74) is 2.46. The van der Waals surface area contributed by atoms with Crippen molar-refractivity contribution in [3.05, 3.63) is 65.2 Å². The van der Waals surface area contributed by atoms with Crippen LogP contribution in [0.2, 0.25) is 0 Å². The molecule has 0 bridgehead atoms. The van der Waals surface area contributed by atoms with Crippen LogP contribution in [0.3, 0.4) is 0 Å². The lowest BCUT2D eigenvalue weighted by atomic mass is 10.1. The van der Waals surface area contributed by atoms with Gasteiger partial charge in [0.2, 0.25) is 0 Å². The van der Waals surface area contributed by atoms with Crippen molar-refractivity contribution in [2.45, 2.75) is 13.2 Å². The van der Waals surface area contributed by atoms with Gasteiger partial charge < -0.3 is 10.1 Å². The molecule has 0 fully saturated rings. The van der Waals surface area contributed by atoms with Crippen molar-refractivity contribution in [3.63, 3.8) is 0 Å². The highest BCUT2D eigenvalue weighted by Gasteiger charge is 2.04.